The van der Waals surface area contributed by atoms with Crippen molar-refractivity contribution in [3.05, 3.63) is 107 Å². The van der Waals surface area contributed by atoms with Gasteiger partial charge in [-0.15, -0.1) is 0 Å². The number of carbonyl (C=O) groups is 1. The van der Waals surface area contributed by atoms with E-state index in [2.05, 4.69) is 73.8 Å². The van der Waals surface area contributed by atoms with Gasteiger partial charge in [-0.1, -0.05) is 85.3 Å². The van der Waals surface area contributed by atoms with E-state index >= 15 is 0 Å². The van der Waals surface area contributed by atoms with Crippen molar-refractivity contribution in [2.45, 2.75) is 39.2 Å². The van der Waals surface area contributed by atoms with Gasteiger partial charge < -0.3 is 5.32 Å². The number of hydrogen-bond donors (Lipinski definition) is 1. The molecule has 0 radical (unpaired) electrons. The topological polar surface area (TPSA) is 29.1 Å². The fraction of sp³-hybridized carbons (Fsp3) is 0.240. The molecular weight excluding hydrogens is 330 g/mol. The number of benzene rings is 3. The molecule has 0 aliphatic carbocycles. The van der Waals surface area contributed by atoms with E-state index in [1.165, 1.54) is 11.1 Å². The number of aryl methyl sites for hydroxylation is 3. The Bertz CT molecular complexity index is 868. The smallest absolute Gasteiger partial charge is 0.252 e. The Kier molecular flexibility index (Phi) is 6.43. The molecule has 0 aliphatic heterocycles. The highest BCUT2D eigenvalue weighted by atomic mass is 16.1. The first-order valence-electron chi connectivity index (χ1n) is 9.66. The minimum absolute atomic E-state index is 0.00564. The van der Waals surface area contributed by atoms with Crippen LogP contribution in [0.4, 0.5) is 0 Å². The zero-order valence-electron chi connectivity index (χ0n) is 16.1. The molecule has 0 spiro atoms. The maximum atomic E-state index is 13.0. The molecule has 138 valence electrons. The number of nitrogens with one attached hydrogen (secondary N) is 1. The Balaban J connectivity index is 1.73. The van der Waals surface area contributed by atoms with E-state index in [1.807, 2.05) is 24.3 Å². The standard InChI is InChI=1S/C25H27NO/c1-3-24(22-16-13-19(2)14-17-22)26-25(27)23-12-8-7-11-21(23)18-15-20-9-5-4-6-10-20/h4-14,16-17,24H,3,15,18H2,1-2H3,(H,26,27). The van der Waals surface area contributed by atoms with Gasteiger partial charge in [-0.3, -0.25) is 4.79 Å². The molecule has 1 N–H and O–H groups in total. The summed E-state index contributed by atoms with van der Waals surface area (Å²) in [4.78, 5) is 13.0. The molecule has 1 amide bonds. The van der Waals surface area contributed by atoms with Crippen LogP contribution in [-0.2, 0) is 12.8 Å². The van der Waals surface area contributed by atoms with Gasteiger partial charge in [0, 0.05) is 5.56 Å². The van der Waals surface area contributed by atoms with Gasteiger partial charge >= 0.3 is 0 Å². The van der Waals surface area contributed by atoms with Crippen LogP contribution >= 0.6 is 0 Å². The summed E-state index contributed by atoms with van der Waals surface area (Å²) in [6, 6.07) is 26.8. The van der Waals surface area contributed by atoms with Crippen molar-refractivity contribution in [2.24, 2.45) is 0 Å². The summed E-state index contributed by atoms with van der Waals surface area (Å²) in [7, 11) is 0. The summed E-state index contributed by atoms with van der Waals surface area (Å²) < 4.78 is 0. The van der Waals surface area contributed by atoms with E-state index in [0.717, 1.165) is 36.0 Å². The first-order chi connectivity index (χ1) is 13.2. The van der Waals surface area contributed by atoms with Gasteiger partial charge in [-0.05, 0) is 48.9 Å². The molecule has 0 heterocycles. The second-order valence-corrected chi connectivity index (χ2v) is 6.99. The van der Waals surface area contributed by atoms with Gasteiger partial charge in [0.05, 0.1) is 6.04 Å². The SMILES string of the molecule is CCC(NC(=O)c1ccccc1CCc1ccccc1)c1ccc(C)cc1. The minimum Gasteiger partial charge on any atom is -0.345 e. The molecule has 0 fully saturated rings. The number of hydrogen-bond acceptors (Lipinski definition) is 1. The van der Waals surface area contributed by atoms with Crippen molar-refractivity contribution in [1.29, 1.82) is 0 Å². The average molecular weight is 357 g/mol. The summed E-state index contributed by atoms with van der Waals surface area (Å²) in [6.07, 6.45) is 2.65. The lowest BCUT2D eigenvalue weighted by atomic mass is 9.98. The molecule has 2 nitrogen and oxygen atoms in total. The van der Waals surface area contributed by atoms with Gasteiger partial charge in [0.2, 0.25) is 0 Å². The predicted molar refractivity (Wildman–Crippen MR) is 112 cm³/mol. The van der Waals surface area contributed by atoms with Crippen LogP contribution in [0.1, 0.15) is 52.0 Å². The third-order valence-corrected chi connectivity index (χ3v) is 4.98. The molecule has 3 rings (SSSR count). The van der Waals surface area contributed by atoms with E-state index in [4.69, 9.17) is 0 Å². The molecule has 0 aliphatic rings. The average Bonchev–Trinajstić information content (AvgIpc) is 2.72. The molecule has 27 heavy (non-hydrogen) atoms. The highest BCUT2D eigenvalue weighted by Gasteiger charge is 2.16. The van der Waals surface area contributed by atoms with Crippen molar-refractivity contribution in [2.75, 3.05) is 0 Å². The maximum Gasteiger partial charge on any atom is 0.252 e. The lowest BCUT2D eigenvalue weighted by Crippen LogP contribution is -2.29. The van der Waals surface area contributed by atoms with E-state index in [9.17, 15) is 4.79 Å². The molecule has 3 aromatic carbocycles. The van der Waals surface area contributed by atoms with Crippen molar-refractivity contribution < 1.29 is 4.79 Å². The molecule has 0 saturated carbocycles. The second-order valence-electron chi connectivity index (χ2n) is 6.99. The molecular formula is C25H27NO. The molecule has 1 atom stereocenters. The monoisotopic (exact) mass is 357 g/mol. The van der Waals surface area contributed by atoms with Gasteiger partial charge in [0.1, 0.15) is 0 Å². The van der Waals surface area contributed by atoms with Crippen LogP contribution in [0.3, 0.4) is 0 Å². The summed E-state index contributed by atoms with van der Waals surface area (Å²) in [6.45, 7) is 4.18. The summed E-state index contributed by atoms with van der Waals surface area (Å²) in [5, 5.41) is 3.22. The van der Waals surface area contributed by atoms with Crippen LogP contribution in [0.5, 0.6) is 0 Å². The Morgan fingerprint density at radius 3 is 2.22 bits per heavy atom. The third-order valence-electron chi connectivity index (χ3n) is 4.98. The summed E-state index contributed by atoms with van der Waals surface area (Å²) >= 11 is 0. The van der Waals surface area contributed by atoms with E-state index in [0.29, 0.717) is 0 Å². The highest BCUT2D eigenvalue weighted by Crippen LogP contribution is 2.19. The second kappa shape index (κ2) is 9.18. The van der Waals surface area contributed by atoms with Crippen LogP contribution in [0.15, 0.2) is 78.9 Å². The largest absolute Gasteiger partial charge is 0.345 e. The van der Waals surface area contributed by atoms with E-state index < -0.39 is 0 Å². The van der Waals surface area contributed by atoms with Crippen LogP contribution in [0.25, 0.3) is 0 Å². The Morgan fingerprint density at radius 2 is 1.52 bits per heavy atom. The van der Waals surface area contributed by atoms with E-state index in [-0.39, 0.29) is 11.9 Å². The zero-order valence-corrected chi connectivity index (χ0v) is 16.1. The van der Waals surface area contributed by atoms with Gasteiger partial charge in [-0.2, -0.15) is 0 Å². The summed E-state index contributed by atoms with van der Waals surface area (Å²) in [5.74, 6) is 0.00564. The fourth-order valence-electron chi connectivity index (χ4n) is 3.34. The molecule has 0 aromatic heterocycles. The lowest BCUT2D eigenvalue weighted by molar-refractivity contribution is 0.0934. The molecule has 3 aromatic rings. The molecule has 0 saturated heterocycles. The number of carbonyl (C=O) groups excluding carboxylic acids is 1. The molecule has 1 unspecified atom stereocenters. The van der Waals surface area contributed by atoms with E-state index in [1.54, 1.807) is 0 Å². The van der Waals surface area contributed by atoms with Gasteiger partial charge in [-0.25, -0.2) is 0 Å². The van der Waals surface area contributed by atoms with Crippen LogP contribution in [-0.4, -0.2) is 5.91 Å². The first-order valence-corrected chi connectivity index (χ1v) is 9.66. The fourth-order valence-corrected chi connectivity index (χ4v) is 3.34. The van der Waals surface area contributed by atoms with Crippen molar-refractivity contribution in [3.8, 4) is 0 Å². The van der Waals surface area contributed by atoms with Crippen LogP contribution in [0.2, 0.25) is 0 Å². The third kappa shape index (κ3) is 5.07. The van der Waals surface area contributed by atoms with Crippen molar-refractivity contribution in [3.63, 3.8) is 0 Å². The number of rotatable bonds is 7. The molecule has 0 bridgehead atoms. The maximum absolute atomic E-state index is 13.0. The minimum atomic E-state index is 0.00564. The van der Waals surface area contributed by atoms with Crippen molar-refractivity contribution in [1.82, 2.24) is 5.32 Å². The molecule has 2 heteroatoms. The quantitative estimate of drug-likeness (QED) is 0.581. The Labute approximate surface area is 162 Å². The lowest BCUT2D eigenvalue weighted by Gasteiger charge is -2.19. The van der Waals surface area contributed by atoms with Crippen LogP contribution in [0, 0.1) is 6.92 Å². The summed E-state index contributed by atoms with van der Waals surface area (Å²) in [5.41, 5.74) is 5.54. The Morgan fingerprint density at radius 1 is 0.852 bits per heavy atom. The normalized spacial score (nSPS) is 11.8. The predicted octanol–water partition coefficient (Wildman–Crippen LogP) is 5.66. The Hall–Kier alpha value is -2.87. The van der Waals surface area contributed by atoms with Gasteiger partial charge in [0.15, 0.2) is 0 Å². The highest BCUT2D eigenvalue weighted by molar-refractivity contribution is 5.96. The van der Waals surface area contributed by atoms with Gasteiger partial charge in [0.25, 0.3) is 5.91 Å². The zero-order chi connectivity index (χ0) is 19.1. The first kappa shape index (κ1) is 18.9. The van der Waals surface area contributed by atoms with Crippen molar-refractivity contribution >= 4 is 5.91 Å². The number of amides is 1. The van der Waals surface area contributed by atoms with Crippen LogP contribution < -0.4 is 5.32 Å².